The Morgan fingerprint density at radius 3 is 2.45 bits per heavy atom. The molecule has 0 aliphatic rings. The Labute approximate surface area is 173 Å². The minimum Gasteiger partial charge on any atom is -0.444 e. The van der Waals surface area contributed by atoms with Crippen LogP contribution in [0.3, 0.4) is 0 Å². The van der Waals surface area contributed by atoms with Crippen molar-refractivity contribution >= 4 is 23.3 Å². The number of nitrogens with one attached hydrogen (secondary N) is 2. The number of alkyl carbamates (subject to hydrolysis) is 1. The van der Waals surface area contributed by atoms with Crippen LogP contribution in [-0.4, -0.2) is 40.5 Å². The molecule has 2 aromatic heterocycles. The lowest BCUT2D eigenvalue weighted by Crippen LogP contribution is -2.38. The van der Waals surface area contributed by atoms with Crippen LogP contribution in [0.4, 0.5) is 4.79 Å². The third-order valence-corrected chi connectivity index (χ3v) is 4.69. The highest BCUT2D eigenvalue weighted by Crippen LogP contribution is 2.25. The highest BCUT2D eigenvalue weighted by molar-refractivity contribution is 7.13. The number of thiophene rings is 1. The standard InChI is InChI=1S/C21H24N4O3S/c1-21(2,3)28-20(27)23-12-11-22-19(26)17-14-16(18-10-7-13-29-18)24-25(17)15-8-5-4-6-9-15/h4-10,13-14H,11-12H2,1-3H3,(H,22,26)(H,23,27). The monoisotopic (exact) mass is 412 g/mol. The molecule has 0 bridgehead atoms. The lowest BCUT2D eigenvalue weighted by molar-refractivity contribution is 0.0526. The number of carbonyl (C=O) groups is 2. The third-order valence-electron chi connectivity index (χ3n) is 3.80. The number of carbonyl (C=O) groups excluding carboxylic acids is 2. The highest BCUT2D eigenvalue weighted by atomic mass is 32.1. The second kappa shape index (κ2) is 8.91. The van der Waals surface area contributed by atoms with E-state index in [-0.39, 0.29) is 19.0 Å². The van der Waals surface area contributed by atoms with Crippen LogP contribution in [0.2, 0.25) is 0 Å². The molecule has 0 atom stereocenters. The molecule has 0 spiro atoms. The molecule has 2 N–H and O–H groups in total. The van der Waals surface area contributed by atoms with Gasteiger partial charge in [0.25, 0.3) is 5.91 Å². The minimum atomic E-state index is -0.562. The first-order valence-electron chi connectivity index (χ1n) is 9.28. The summed E-state index contributed by atoms with van der Waals surface area (Å²) in [5, 5.41) is 12.0. The smallest absolute Gasteiger partial charge is 0.407 e. The van der Waals surface area contributed by atoms with Crippen molar-refractivity contribution in [2.75, 3.05) is 13.1 Å². The number of ether oxygens (including phenoxy) is 1. The number of hydrogen-bond donors (Lipinski definition) is 2. The molecule has 0 aliphatic heterocycles. The Hall–Kier alpha value is -3.13. The minimum absolute atomic E-state index is 0.262. The van der Waals surface area contributed by atoms with Crippen molar-refractivity contribution < 1.29 is 14.3 Å². The van der Waals surface area contributed by atoms with E-state index in [2.05, 4.69) is 15.7 Å². The predicted octanol–water partition coefficient (Wildman–Crippen LogP) is 3.86. The number of aromatic nitrogens is 2. The Balaban J connectivity index is 1.69. The summed E-state index contributed by atoms with van der Waals surface area (Å²) >= 11 is 1.57. The van der Waals surface area contributed by atoms with Crippen LogP contribution in [0.15, 0.2) is 53.9 Å². The molecule has 0 fully saturated rings. The molecule has 0 saturated heterocycles. The maximum atomic E-state index is 12.8. The number of benzene rings is 1. The van der Waals surface area contributed by atoms with Crippen molar-refractivity contribution in [2.24, 2.45) is 0 Å². The Kier molecular flexibility index (Phi) is 6.33. The fourth-order valence-corrected chi connectivity index (χ4v) is 3.28. The Bertz CT molecular complexity index is 960. The predicted molar refractivity (Wildman–Crippen MR) is 113 cm³/mol. The SMILES string of the molecule is CC(C)(C)OC(=O)NCCNC(=O)c1cc(-c2cccs2)nn1-c1ccccc1. The zero-order valence-electron chi connectivity index (χ0n) is 16.6. The average Bonchev–Trinajstić information content (AvgIpc) is 3.34. The molecule has 3 rings (SSSR count). The normalized spacial score (nSPS) is 11.1. The van der Waals surface area contributed by atoms with Crippen LogP contribution in [0, 0.1) is 0 Å². The average molecular weight is 413 g/mol. The van der Waals surface area contributed by atoms with E-state index in [4.69, 9.17) is 4.74 Å². The van der Waals surface area contributed by atoms with Crippen LogP contribution in [0.1, 0.15) is 31.3 Å². The van der Waals surface area contributed by atoms with Crippen molar-refractivity contribution in [2.45, 2.75) is 26.4 Å². The molecule has 29 heavy (non-hydrogen) atoms. The summed E-state index contributed by atoms with van der Waals surface area (Å²) in [5.41, 5.74) is 1.40. The molecule has 2 amide bonds. The van der Waals surface area contributed by atoms with E-state index in [0.717, 1.165) is 16.3 Å². The highest BCUT2D eigenvalue weighted by Gasteiger charge is 2.18. The first-order chi connectivity index (χ1) is 13.8. The van der Waals surface area contributed by atoms with Crippen molar-refractivity contribution in [3.05, 3.63) is 59.6 Å². The lowest BCUT2D eigenvalue weighted by atomic mass is 10.2. The van der Waals surface area contributed by atoms with Gasteiger partial charge in [0, 0.05) is 13.1 Å². The van der Waals surface area contributed by atoms with E-state index in [1.54, 1.807) is 42.9 Å². The van der Waals surface area contributed by atoms with Gasteiger partial charge in [0.05, 0.1) is 10.6 Å². The molecule has 0 aliphatic carbocycles. The fourth-order valence-electron chi connectivity index (χ4n) is 2.60. The van der Waals surface area contributed by atoms with Crippen LogP contribution in [0.5, 0.6) is 0 Å². The van der Waals surface area contributed by atoms with Crippen molar-refractivity contribution in [3.8, 4) is 16.3 Å². The van der Waals surface area contributed by atoms with Gasteiger partial charge in [-0.3, -0.25) is 4.79 Å². The summed E-state index contributed by atoms with van der Waals surface area (Å²) in [5.74, 6) is -0.268. The number of nitrogens with zero attached hydrogens (tertiary/aromatic N) is 2. The van der Waals surface area contributed by atoms with E-state index in [1.807, 2.05) is 47.8 Å². The van der Waals surface area contributed by atoms with Gasteiger partial charge in [0.1, 0.15) is 17.0 Å². The second-order valence-corrected chi connectivity index (χ2v) is 8.27. The molecule has 0 unspecified atom stereocenters. The fraction of sp³-hybridized carbons (Fsp3) is 0.286. The maximum Gasteiger partial charge on any atom is 0.407 e. The summed E-state index contributed by atoms with van der Waals surface area (Å²) in [6.45, 7) is 5.92. The van der Waals surface area contributed by atoms with Gasteiger partial charge in [0.2, 0.25) is 0 Å². The van der Waals surface area contributed by atoms with Gasteiger partial charge in [-0.05, 0) is 50.4 Å². The van der Waals surface area contributed by atoms with Crippen molar-refractivity contribution in [1.82, 2.24) is 20.4 Å². The summed E-state index contributed by atoms with van der Waals surface area (Å²) < 4.78 is 6.81. The first-order valence-corrected chi connectivity index (χ1v) is 10.2. The largest absolute Gasteiger partial charge is 0.444 e. The second-order valence-electron chi connectivity index (χ2n) is 7.32. The molecular weight excluding hydrogens is 388 g/mol. The molecule has 152 valence electrons. The van der Waals surface area contributed by atoms with Crippen molar-refractivity contribution in [3.63, 3.8) is 0 Å². The summed E-state index contributed by atoms with van der Waals surface area (Å²) in [4.78, 5) is 25.5. The summed E-state index contributed by atoms with van der Waals surface area (Å²) in [6, 6.07) is 15.2. The molecule has 0 radical (unpaired) electrons. The van der Waals surface area contributed by atoms with Gasteiger partial charge in [-0.15, -0.1) is 11.3 Å². The number of hydrogen-bond acceptors (Lipinski definition) is 5. The van der Waals surface area contributed by atoms with Crippen LogP contribution >= 0.6 is 11.3 Å². The summed E-state index contributed by atoms with van der Waals surface area (Å²) in [6.07, 6.45) is -0.513. The quantitative estimate of drug-likeness (QED) is 0.602. The van der Waals surface area contributed by atoms with E-state index in [0.29, 0.717) is 5.69 Å². The molecule has 0 saturated carbocycles. The molecule has 7 nitrogen and oxygen atoms in total. The van der Waals surface area contributed by atoms with E-state index in [9.17, 15) is 9.59 Å². The van der Waals surface area contributed by atoms with Crippen LogP contribution in [-0.2, 0) is 4.74 Å². The van der Waals surface area contributed by atoms with Gasteiger partial charge in [-0.25, -0.2) is 9.48 Å². The number of para-hydroxylation sites is 1. The summed E-state index contributed by atoms with van der Waals surface area (Å²) in [7, 11) is 0. The van der Waals surface area contributed by atoms with Gasteiger partial charge in [-0.2, -0.15) is 5.10 Å². The Morgan fingerprint density at radius 2 is 1.79 bits per heavy atom. The molecule has 3 aromatic rings. The van der Waals surface area contributed by atoms with Crippen LogP contribution < -0.4 is 10.6 Å². The Morgan fingerprint density at radius 1 is 1.07 bits per heavy atom. The van der Waals surface area contributed by atoms with Gasteiger partial charge >= 0.3 is 6.09 Å². The maximum absolute atomic E-state index is 12.8. The van der Waals surface area contributed by atoms with Gasteiger partial charge in [0.15, 0.2) is 0 Å². The molecule has 1 aromatic carbocycles. The van der Waals surface area contributed by atoms with E-state index < -0.39 is 11.7 Å². The van der Waals surface area contributed by atoms with Crippen molar-refractivity contribution in [1.29, 1.82) is 0 Å². The number of amides is 2. The van der Waals surface area contributed by atoms with E-state index >= 15 is 0 Å². The lowest BCUT2D eigenvalue weighted by Gasteiger charge is -2.19. The topological polar surface area (TPSA) is 85.2 Å². The zero-order valence-corrected chi connectivity index (χ0v) is 17.5. The first kappa shape index (κ1) is 20.6. The van der Waals surface area contributed by atoms with Crippen LogP contribution in [0.25, 0.3) is 16.3 Å². The molecule has 8 heteroatoms. The molecular formula is C21H24N4O3S. The zero-order chi connectivity index (χ0) is 20.9. The van der Waals surface area contributed by atoms with E-state index in [1.165, 1.54) is 0 Å². The third kappa shape index (κ3) is 5.68. The van der Waals surface area contributed by atoms with Gasteiger partial charge < -0.3 is 15.4 Å². The number of rotatable bonds is 6. The van der Waals surface area contributed by atoms with Gasteiger partial charge in [-0.1, -0.05) is 24.3 Å². The molecule has 2 heterocycles.